The number of amides is 1. The number of carbonyl (C=O) groups is 1. The van der Waals surface area contributed by atoms with Gasteiger partial charge in [-0.2, -0.15) is 0 Å². The molecule has 2 unspecified atom stereocenters. The fraction of sp³-hybridized carbons (Fsp3) is 0.250. The van der Waals surface area contributed by atoms with Crippen LogP contribution in [0.5, 0.6) is 5.75 Å². The number of fused-ring (bicyclic) bond motifs is 3. The number of halogens is 2. The van der Waals surface area contributed by atoms with Crippen LogP contribution in [0.2, 0.25) is 10.0 Å². The van der Waals surface area contributed by atoms with Gasteiger partial charge in [-0.25, -0.2) is 13.3 Å². The van der Waals surface area contributed by atoms with Crippen molar-refractivity contribution in [2.75, 3.05) is 32.8 Å². The number of rotatable bonds is 4. The number of benzene rings is 3. The molecule has 1 saturated heterocycles. The molecule has 1 N–H and O–H groups in total. The molecule has 3 aromatic carbocycles. The highest BCUT2D eigenvalue weighted by atomic mass is 35.5. The summed E-state index contributed by atoms with van der Waals surface area (Å²) in [6.07, 6.45) is 0.196. The molecule has 2 atom stereocenters. The molecule has 3 heterocycles. The Morgan fingerprint density at radius 1 is 0.947 bits per heavy atom. The van der Waals surface area contributed by atoms with Gasteiger partial charge in [-0.3, -0.25) is 4.90 Å². The highest BCUT2D eigenvalue weighted by Crippen LogP contribution is 2.39. The number of aromatic nitrogens is 1. The maximum atomic E-state index is 13.5. The number of hydrogen-bond acceptors (Lipinski definition) is 4. The molecule has 196 valence electrons. The van der Waals surface area contributed by atoms with Gasteiger partial charge in [-0.05, 0) is 72.1 Å². The standard InChI is InChI=1S/C28H25Cl2N3O4S/c29-19-3-6-21(7-4-19)37-28(34)33-12-11-23-24-17-20(30)5-10-25(24)31-26(23)27(33)18-1-8-22(9-2-18)38(35)32-13-15-36-16-14-32/h1-10,17,27,31H,11-16H2. The van der Waals surface area contributed by atoms with Crippen LogP contribution in [-0.4, -0.2) is 57.3 Å². The minimum Gasteiger partial charge on any atom is -0.410 e. The smallest absolute Gasteiger partial charge is 0.410 e. The van der Waals surface area contributed by atoms with Gasteiger partial charge < -0.3 is 14.5 Å². The summed E-state index contributed by atoms with van der Waals surface area (Å²) in [5.74, 6) is 0.420. The molecular weight excluding hydrogens is 545 g/mol. The Morgan fingerprint density at radius 2 is 1.66 bits per heavy atom. The molecule has 38 heavy (non-hydrogen) atoms. The topological polar surface area (TPSA) is 74.9 Å². The van der Waals surface area contributed by atoms with Crippen LogP contribution in [0.25, 0.3) is 10.9 Å². The first-order valence-electron chi connectivity index (χ1n) is 12.4. The van der Waals surface area contributed by atoms with Gasteiger partial charge in [0.15, 0.2) is 0 Å². The van der Waals surface area contributed by atoms with Crippen LogP contribution in [0, 0.1) is 0 Å². The van der Waals surface area contributed by atoms with E-state index in [1.165, 1.54) is 0 Å². The lowest BCUT2D eigenvalue weighted by atomic mass is 9.93. The van der Waals surface area contributed by atoms with Crippen molar-refractivity contribution in [3.05, 3.63) is 93.6 Å². The lowest BCUT2D eigenvalue weighted by molar-refractivity contribution is 0.0752. The maximum absolute atomic E-state index is 13.5. The van der Waals surface area contributed by atoms with E-state index in [4.69, 9.17) is 32.7 Å². The van der Waals surface area contributed by atoms with Crippen LogP contribution < -0.4 is 4.74 Å². The highest BCUT2D eigenvalue weighted by molar-refractivity contribution is 7.82. The fourth-order valence-electron chi connectivity index (χ4n) is 5.09. The second-order valence-corrected chi connectivity index (χ2v) is 11.6. The van der Waals surface area contributed by atoms with Crippen molar-refractivity contribution in [3.8, 4) is 5.75 Å². The normalized spacial score (nSPS) is 18.8. The molecular formula is C28H25Cl2N3O4S. The summed E-state index contributed by atoms with van der Waals surface area (Å²) in [5.41, 5.74) is 3.90. The molecule has 1 fully saturated rings. The molecule has 0 spiro atoms. The Kier molecular flexibility index (Phi) is 7.16. The molecule has 4 aromatic rings. The van der Waals surface area contributed by atoms with Gasteiger partial charge in [0.2, 0.25) is 0 Å². The third kappa shape index (κ3) is 4.95. The van der Waals surface area contributed by atoms with E-state index >= 15 is 0 Å². The molecule has 6 rings (SSSR count). The second kappa shape index (κ2) is 10.7. The van der Waals surface area contributed by atoms with Crippen molar-refractivity contribution in [1.29, 1.82) is 0 Å². The number of carbonyl (C=O) groups excluding carboxylic acids is 1. The van der Waals surface area contributed by atoms with Crippen molar-refractivity contribution < 1.29 is 18.5 Å². The molecule has 7 nitrogen and oxygen atoms in total. The number of ether oxygens (including phenoxy) is 2. The third-order valence-electron chi connectivity index (χ3n) is 6.94. The zero-order valence-electron chi connectivity index (χ0n) is 20.4. The van der Waals surface area contributed by atoms with E-state index in [1.807, 2.05) is 46.8 Å². The summed E-state index contributed by atoms with van der Waals surface area (Å²) in [7, 11) is -1.27. The highest BCUT2D eigenvalue weighted by Gasteiger charge is 2.36. The zero-order chi connectivity index (χ0) is 26.2. The van der Waals surface area contributed by atoms with Gasteiger partial charge in [0.1, 0.15) is 22.8 Å². The minimum absolute atomic E-state index is 0.420. The molecule has 2 aliphatic heterocycles. The summed E-state index contributed by atoms with van der Waals surface area (Å²) in [6.45, 7) is 2.86. The summed E-state index contributed by atoms with van der Waals surface area (Å²) < 4.78 is 26.1. The predicted molar refractivity (Wildman–Crippen MR) is 148 cm³/mol. The lowest BCUT2D eigenvalue weighted by Gasteiger charge is -2.35. The van der Waals surface area contributed by atoms with Crippen LogP contribution in [0.4, 0.5) is 4.79 Å². The first kappa shape index (κ1) is 25.4. The van der Waals surface area contributed by atoms with Crippen LogP contribution in [0.15, 0.2) is 71.6 Å². The van der Waals surface area contributed by atoms with Gasteiger partial charge >= 0.3 is 6.09 Å². The van der Waals surface area contributed by atoms with Crippen molar-refractivity contribution in [3.63, 3.8) is 0 Å². The monoisotopic (exact) mass is 569 g/mol. The van der Waals surface area contributed by atoms with E-state index in [9.17, 15) is 9.00 Å². The molecule has 10 heteroatoms. The van der Waals surface area contributed by atoms with Crippen LogP contribution in [0.3, 0.4) is 0 Å². The average molecular weight is 570 g/mol. The van der Waals surface area contributed by atoms with Crippen LogP contribution >= 0.6 is 23.2 Å². The number of hydrogen-bond donors (Lipinski definition) is 1. The van der Waals surface area contributed by atoms with Crippen LogP contribution in [0.1, 0.15) is 22.9 Å². The van der Waals surface area contributed by atoms with E-state index in [2.05, 4.69) is 4.98 Å². The molecule has 2 aliphatic rings. The quantitative estimate of drug-likeness (QED) is 0.328. The number of aromatic amines is 1. The minimum atomic E-state index is -1.27. The predicted octanol–water partition coefficient (Wildman–Crippen LogP) is 5.98. The number of H-pyrrole nitrogens is 1. The van der Waals surface area contributed by atoms with Gasteiger partial charge in [0, 0.05) is 46.3 Å². The van der Waals surface area contributed by atoms with E-state index < -0.39 is 23.1 Å². The van der Waals surface area contributed by atoms with Crippen molar-refractivity contribution in [2.24, 2.45) is 0 Å². The van der Waals surface area contributed by atoms with E-state index in [1.54, 1.807) is 29.2 Å². The first-order valence-corrected chi connectivity index (χ1v) is 14.2. The molecule has 0 aliphatic carbocycles. The van der Waals surface area contributed by atoms with Gasteiger partial charge in [0.25, 0.3) is 0 Å². The molecule has 0 bridgehead atoms. The molecule has 1 aromatic heterocycles. The molecule has 0 radical (unpaired) electrons. The van der Waals surface area contributed by atoms with Gasteiger partial charge in [-0.1, -0.05) is 35.3 Å². The Morgan fingerprint density at radius 3 is 2.39 bits per heavy atom. The molecule has 0 saturated carbocycles. The summed E-state index contributed by atoms with van der Waals surface area (Å²) in [5, 5.41) is 2.28. The van der Waals surface area contributed by atoms with E-state index in [0.29, 0.717) is 60.0 Å². The number of nitrogens with zero attached hydrogens (tertiary/aromatic N) is 2. The zero-order valence-corrected chi connectivity index (χ0v) is 22.7. The SMILES string of the molecule is O=C(Oc1ccc(Cl)cc1)N1CCc2c([nH]c3ccc(Cl)cc23)C1c1ccc(S(=O)N2CCOCC2)cc1. The summed E-state index contributed by atoms with van der Waals surface area (Å²) in [6, 6.07) is 19.7. The Hall–Kier alpha value is -2.88. The second-order valence-electron chi connectivity index (χ2n) is 9.23. The Balaban J connectivity index is 1.36. The maximum Gasteiger partial charge on any atom is 0.416 e. The number of morpholine rings is 1. The Labute approximate surface area is 232 Å². The fourth-order valence-corrected chi connectivity index (χ4v) is 6.54. The summed E-state index contributed by atoms with van der Waals surface area (Å²) >= 11 is 12.3. The lowest BCUT2D eigenvalue weighted by Crippen LogP contribution is -2.42. The average Bonchev–Trinajstić information content (AvgIpc) is 3.31. The van der Waals surface area contributed by atoms with E-state index in [0.717, 1.165) is 27.7 Å². The van der Waals surface area contributed by atoms with E-state index in [-0.39, 0.29) is 0 Å². The third-order valence-corrected chi connectivity index (χ3v) is 8.94. The van der Waals surface area contributed by atoms with Crippen LogP contribution in [-0.2, 0) is 22.1 Å². The largest absolute Gasteiger partial charge is 0.416 e. The number of nitrogens with one attached hydrogen (secondary N) is 1. The van der Waals surface area contributed by atoms with Crippen molar-refractivity contribution >= 4 is 51.2 Å². The van der Waals surface area contributed by atoms with Gasteiger partial charge in [0.05, 0.1) is 18.1 Å². The molecule has 1 amide bonds. The van der Waals surface area contributed by atoms with Crippen molar-refractivity contribution in [2.45, 2.75) is 17.4 Å². The Bertz CT molecular complexity index is 1500. The van der Waals surface area contributed by atoms with Gasteiger partial charge in [-0.15, -0.1) is 0 Å². The first-order chi connectivity index (χ1) is 18.5. The summed E-state index contributed by atoms with van der Waals surface area (Å²) in [4.78, 5) is 19.4. The van der Waals surface area contributed by atoms with Crippen molar-refractivity contribution in [1.82, 2.24) is 14.2 Å².